The highest BCUT2D eigenvalue weighted by Crippen LogP contribution is 2.34. The summed E-state index contributed by atoms with van der Waals surface area (Å²) in [6, 6.07) is 0.619. The molecule has 1 aliphatic rings. The molecule has 0 bridgehead atoms. The molecule has 3 atom stereocenters. The lowest BCUT2D eigenvalue weighted by Gasteiger charge is -2.25. The third kappa shape index (κ3) is 2.58. The topological polar surface area (TPSA) is 24.9 Å². The van der Waals surface area contributed by atoms with Gasteiger partial charge in [-0.1, -0.05) is 19.8 Å². The lowest BCUT2D eigenvalue weighted by Crippen LogP contribution is -2.36. The molecule has 0 aromatic carbocycles. The largest absolute Gasteiger partial charge is 0.316 e. The summed E-state index contributed by atoms with van der Waals surface area (Å²) in [7, 11) is 2.09. The maximum atomic E-state index is 4.38. The number of hydrogen-bond acceptors (Lipinski definition) is 3. The van der Waals surface area contributed by atoms with Crippen molar-refractivity contribution in [2.24, 2.45) is 11.8 Å². The second-order valence-electron chi connectivity index (χ2n) is 4.60. The third-order valence-electron chi connectivity index (χ3n) is 3.69. The number of nitrogens with zero attached hydrogens (tertiary/aromatic N) is 1. The van der Waals surface area contributed by atoms with E-state index in [1.807, 2.05) is 6.20 Å². The van der Waals surface area contributed by atoms with E-state index in [9.17, 15) is 0 Å². The van der Waals surface area contributed by atoms with Crippen LogP contribution in [0.4, 0.5) is 0 Å². The van der Waals surface area contributed by atoms with Gasteiger partial charge >= 0.3 is 0 Å². The number of hydrogen-bond donors (Lipinski definition) is 1. The van der Waals surface area contributed by atoms with Gasteiger partial charge in [-0.3, -0.25) is 0 Å². The van der Waals surface area contributed by atoms with E-state index in [-0.39, 0.29) is 0 Å². The molecule has 15 heavy (non-hydrogen) atoms. The normalized spacial score (nSPS) is 28.1. The van der Waals surface area contributed by atoms with Crippen LogP contribution < -0.4 is 5.32 Å². The minimum absolute atomic E-state index is 0.619. The van der Waals surface area contributed by atoms with Gasteiger partial charge in [0, 0.05) is 24.0 Å². The van der Waals surface area contributed by atoms with Crippen molar-refractivity contribution in [2.75, 3.05) is 7.05 Å². The molecule has 0 aliphatic heterocycles. The van der Waals surface area contributed by atoms with Crippen LogP contribution >= 0.6 is 11.3 Å². The van der Waals surface area contributed by atoms with Crippen molar-refractivity contribution >= 4 is 11.3 Å². The van der Waals surface area contributed by atoms with Gasteiger partial charge in [0.1, 0.15) is 0 Å². The molecule has 1 N–H and O–H groups in total. The predicted molar refractivity (Wildman–Crippen MR) is 65.2 cm³/mol. The van der Waals surface area contributed by atoms with Crippen LogP contribution in [0.5, 0.6) is 0 Å². The van der Waals surface area contributed by atoms with Gasteiger partial charge in [-0.25, -0.2) is 4.98 Å². The summed E-state index contributed by atoms with van der Waals surface area (Å²) < 4.78 is 0. The van der Waals surface area contributed by atoms with Crippen molar-refractivity contribution in [1.82, 2.24) is 10.3 Å². The second kappa shape index (κ2) is 5.08. The zero-order valence-electron chi connectivity index (χ0n) is 9.57. The van der Waals surface area contributed by atoms with Crippen LogP contribution in [0.25, 0.3) is 0 Å². The molecule has 3 heteroatoms. The molecule has 0 saturated heterocycles. The van der Waals surface area contributed by atoms with E-state index in [2.05, 4.69) is 29.7 Å². The second-order valence-corrected chi connectivity index (χ2v) is 5.58. The van der Waals surface area contributed by atoms with Crippen molar-refractivity contribution in [2.45, 2.75) is 38.6 Å². The van der Waals surface area contributed by atoms with Gasteiger partial charge in [-0.05, 0) is 25.3 Å². The molecule has 1 fully saturated rings. The van der Waals surface area contributed by atoms with Gasteiger partial charge in [0.2, 0.25) is 0 Å². The first-order valence-electron chi connectivity index (χ1n) is 5.87. The Morgan fingerprint density at radius 3 is 3.00 bits per heavy atom. The molecule has 0 spiro atoms. The lowest BCUT2D eigenvalue weighted by atomic mass is 9.88. The van der Waals surface area contributed by atoms with Crippen molar-refractivity contribution in [3.8, 4) is 0 Å². The summed E-state index contributed by atoms with van der Waals surface area (Å²) in [6.07, 6.45) is 7.20. The first-order chi connectivity index (χ1) is 7.31. The maximum absolute atomic E-state index is 4.38. The molecule has 84 valence electrons. The fourth-order valence-corrected chi connectivity index (χ4v) is 3.46. The maximum Gasteiger partial charge on any atom is 0.0940 e. The molecule has 3 unspecified atom stereocenters. The zero-order chi connectivity index (χ0) is 10.7. The van der Waals surface area contributed by atoms with Gasteiger partial charge in [-0.15, -0.1) is 11.3 Å². The van der Waals surface area contributed by atoms with Crippen LogP contribution in [0.3, 0.4) is 0 Å². The fourth-order valence-electron chi connectivity index (χ4n) is 2.78. The van der Waals surface area contributed by atoms with Gasteiger partial charge in [-0.2, -0.15) is 0 Å². The highest BCUT2D eigenvalue weighted by atomic mass is 32.1. The number of likely N-dealkylation sites (N-methyl/N-ethyl adjacent to an activating group) is 1. The highest BCUT2D eigenvalue weighted by Gasteiger charge is 2.30. The molecule has 0 amide bonds. The predicted octanol–water partition coefficient (Wildman–Crippen LogP) is 2.71. The molecule has 1 aromatic rings. The van der Waals surface area contributed by atoms with Gasteiger partial charge in [0.05, 0.1) is 5.01 Å². The van der Waals surface area contributed by atoms with Crippen molar-refractivity contribution in [3.63, 3.8) is 0 Å². The molecule has 2 nitrogen and oxygen atoms in total. The minimum atomic E-state index is 0.619. The number of thiazole rings is 1. The number of aromatic nitrogens is 1. The molecule has 1 heterocycles. The zero-order valence-corrected chi connectivity index (χ0v) is 10.4. The summed E-state index contributed by atoms with van der Waals surface area (Å²) in [5, 5.41) is 6.82. The van der Waals surface area contributed by atoms with Crippen molar-refractivity contribution in [3.05, 3.63) is 16.6 Å². The van der Waals surface area contributed by atoms with E-state index in [0.29, 0.717) is 6.04 Å². The summed E-state index contributed by atoms with van der Waals surface area (Å²) in [5.41, 5.74) is 0. The Morgan fingerprint density at radius 1 is 1.60 bits per heavy atom. The Bertz CT molecular complexity index is 284. The van der Waals surface area contributed by atoms with Crippen LogP contribution in [-0.4, -0.2) is 18.1 Å². The van der Waals surface area contributed by atoms with E-state index in [0.717, 1.165) is 18.3 Å². The first-order valence-corrected chi connectivity index (χ1v) is 6.75. The highest BCUT2D eigenvalue weighted by molar-refractivity contribution is 7.09. The first kappa shape index (κ1) is 11.1. The van der Waals surface area contributed by atoms with Crippen LogP contribution in [0.1, 0.15) is 31.2 Å². The van der Waals surface area contributed by atoms with Gasteiger partial charge in [0.15, 0.2) is 0 Å². The lowest BCUT2D eigenvalue weighted by molar-refractivity contribution is 0.308. The Balaban J connectivity index is 1.97. The summed E-state index contributed by atoms with van der Waals surface area (Å²) in [6.45, 7) is 2.39. The smallest absolute Gasteiger partial charge is 0.0940 e. The van der Waals surface area contributed by atoms with E-state index >= 15 is 0 Å². The van der Waals surface area contributed by atoms with E-state index in [1.165, 1.54) is 24.3 Å². The number of rotatable bonds is 4. The average molecular weight is 224 g/mol. The molecule has 2 rings (SSSR count). The van der Waals surface area contributed by atoms with Crippen molar-refractivity contribution < 1.29 is 0 Å². The number of nitrogens with one attached hydrogen (secondary N) is 1. The SMILES string of the molecule is CNC(Cc1nccs1)C1CCCC1C. The molecular formula is C12H20N2S. The summed E-state index contributed by atoms with van der Waals surface area (Å²) in [5.74, 6) is 1.72. The van der Waals surface area contributed by atoms with Crippen LogP contribution in [0.2, 0.25) is 0 Å². The Hall–Kier alpha value is -0.410. The quantitative estimate of drug-likeness (QED) is 0.850. The Labute approximate surface area is 96.1 Å². The average Bonchev–Trinajstić information content (AvgIpc) is 2.85. The van der Waals surface area contributed by atoms with Crippen molar-refractivity contribution in [1.29, 1.82) is 0 Å². The Morgan fingerprint density at radius 2 is 2.47 bits per heavy atom. The van der Waals surface area contributed by atoms with E-state index < -0.39 is 0 Å². The molecular weight excluding hydrogens is 204 g/mol. The van der Waals surface area contributed by atoms with Crippen LogP contribution in [0, 0.1) is 11.8 Å². The molecule has 1 saturated carbocycles. The van der Waals surface area contributed by atoms with Gasteiger partial charge < -0.3 is 5.32 Å². The Kier molecular flexibility index (Phi) is 3.76. The molecule has 0 radical (unpaired) electrons. The van der Waals surface area contributed by atoms with E-state index in [1.54, 1.807) is 11.3 Å². The van der Waals surface area contributed by atoms with Crippen LogP contribution in [-0.2, 0) is 6.42 Å². The summed E-state index contributed by atoms with van der Waals surface area (Å²) in [4.78, 5) is 4.38. The minimum Gasteiger partial charge on any atom is -0.316 e. The fraction of sp³-hybridized carbons (Fsp3) is 0.750. The third-order valence-corrected chi connectivity index (χ3v) is 4.50. The van der Waals surface area contributed by atoms with Gasteiger partial charge in [0.25, 0.3) is 0 Å². The molecule has 1 aromatic heterocycles. The summed E-state index contributed by atoms with van der Waals surface area (Å²) >= 11 is 1.78. The molecule has 1 aliphatic carbocycles. The monoisotopic (exact) mass is 224 g/mol. The standard InChI is InChI=1S/C12H20N2S/c1-9-4-3-5-10(9)11(13-2)8-12-14-6-7-15-12/h6-7,9-11,13H,3-5,8H2,1-2H3. The van der Waals surface area contributed by atoms with E-state index in [4.69, 9.17) is 0 Å². The van der Waals surface area contributed by atoms with Crippen LogP contribution in [0.15, 0.2) is 11.6 Å².